The number of carbonyl (C=O) groups is 1. The number of amides is 1. The normalized spacial score (nSPS) is 10.8. The zero-order valence-corrected chi connectivity index (χ0v) is 13.4. The lowest BCUT2D eigenvalue weighted by Crippen LogP contribution is -2.17. The SMILES string of the molecule is Cc1nc(NC(=O)CCCn2c(C)csc2=O)sc1C. The Morgan fingerprint density at radius 1 is 1.40 bits per heavy atom. The van der Waals surface area contributed by atoms with E-state index in [1.165, 1.54) is 22.7 Å². The molecule has 1 N–H and O–H groups in total. The van der Waals surface area contributed by atoms with E-state index in [1.54, 1.807) is 4.57 Å². The summed E-state index contributed by atoms with van der Waals surface area (Å²) in [6.45, 7) is 6.39. The Kier molecular flexibility index (Phi) is 4.72. The second-order valence-corrected chi connectivity index (χ2v) is 6.63. The maximum atomic E-state index is 11.8. The van der Waals surface area contributed by atoms with Crippen LogP contribution in [0.25, 0.3) is 0 Å². The molecule has 0 spiro atoms. The third kappa shape index (κ3) is 3.55. The van der Waals surface area contributed by atoms with Gasteiger partial charge in [-0.15, -0.1) is 11.3 Å². The minimum absolute atomic E-state index is 0.0362. The minimum atomic E-state index is -0.0559. The summed E-state index contributed by atoms with van der Waals surface area (Å²) in [6, 6.07) is 0. The zero-order chi connectivity index (χ0) is 14.7. The molecule has 2 heterocycles. The highest BCUT2D eigenvalue weighted by molar-refractivity contribution is 7.15. The third-order valence-corrected chi connectivity index (χ3v) is 4.91. The standard InChI is InChI=1S/C13H17N3O2S2/c1-8-7-19-13(18)16(8)6-4-5-11(17)15-12-14-9(2)10(3)20-12/h7H,4-6H2,1-3H3,(H,14,15,17). The summed E-state index contributed by atoms with van der Waals surface area (Å²) in [4.78, 5) is 28.7. The highest BCUT2D eigenvalue weighted by Crippen LogP contribution is 2.21. The highest BCUT2D eigenvalue weighted by atomic mass is 32.1. The Balaban J connectivity index is 1.82. The van der Waals surface area contributed by atoms with Crippen LogP contribution in [0, 0.1) is 20.8 Å². The largest absolute Gasteiger partial charge is 0.307 e. The van der Waals surface area contributed by atoms with Crippen molar-refractivity contribution in [2.45, 2.75) is 40.2 Å². The van der Waals surface area contributed by atoms with E-state index >= 15 is 0 Å². The van der Waals surface area contributed by atoms with Gasteiger partial charge in [0.1, 0.15) is 0 Å². The van der Waals surface area contributed by atoms with Crippen molar-refractivity contribution < 1.29 is 4.79 Å². The molecule has 20 heavy (non-hydrogen) atoms. The van der Waals surface area contributed by atoms with E-state index in [0.717, 1.165) is 16.3 Å². The Labute approximate surface area is 125 Å². The van der Waals surface area contributed by atoms with E-state index in [1.807, 2.05) is 26.2 Å². The average molecular weight is 311 g/mol. The molecule has 108 valence electrons. The summed E-state index contributed by atoms with van der Waals surface area (Å²) in [5.41, 5.74) is 1.90. The van der Waals surface area contributed by atoms with Gasteiger partial charge in [0.25, 0.3) is 0 Å². The molecule has 0 aliphatic heterocycles. The molecular weight excluding hydrogens is 294 g/mol. The van der Waals surface area contributed by atoms with Crippen LogP contribution in [0.5, 0.6) is 0 Å². The van der Waals surface area contributed by atoms with Gasteiger partial charge in [-0.2, -0.15) is 0 Å². The van der Waals surface area contributed by atoms with Gasteiger partial charge in [-0.1, -0.05) is 11.3 Å². The van der Waals surface area contributed by atoms with Crippen LogP contribution in [-0.4, -0.2) is 15.5 Å². The van der Waals surface area contributed by atoms with Crippen molar-refractivity contribution >= 4 is 33.7 Å². The number of hydrogen-bond acceptors (Lipinski definition) is 5. The maximum Gasteiger partial charge on any atom is 0.307 e. The van der Waals surface area contributed by atoms with Gasteiger partial charge in [0, 0.05) is 28.9 Å². The molecule has 0 bridgehead atoms. The number of thiazole rings is 2. The summed E-state index contributed by atoms with van der Waals surface area (Å²) < 4.78 is 1.70. The van der Waals surface area contributed by atoms with E-state index in [0.29, 0.717) is 24.5 Å². The molecule has 2 aromatic heterocycles. The van der Waals surface area contributed by atoms with Crippen LogP contribution < -0.4 is 10.2 Å². The van der Waals surface area contributed by atoms with E-state index in [4.69, 9.17) is 0 Å². The molecule has 0 aliphatic carbocycles. The molecule has 0 aromatic carbocycles. The molecule has 0 aliphatic rings. The lowest BCUT2D eigenvalue weighted by Gasteiger charge is -2.04. The van der Waals surface area contributed by atoms with Gasteiger partial charge < -0.3 is 9.88 Å². The number of anilines is 1. The van der Waals surface area contributed by atoms with Crippen LogP contribution in [0.2, 0.25) is 0 Å². The number of aromatic nitrogens is 2. The van der Waals surface area contributed by atoms with Crippen LogP contribution in [0.3, 0.4) is 0 Å². The molecule has 0 saturated heterocycles. The fraction of sp³-hybridized carbons (Fsp3) is 0.462. The Morgan fingerprint density at radius 2 is 2.15 bits per heavy atom. The molecule has 0 fully saturated rings. The van der Waals surface area contributed by atoms with Gasteiger partial charge in [0.05, 0.1) is 5.69 Å². The summed E-state index contributed by atoms with van der Waals surface area (Å²) >= 11 is 2.68. The second-order valence-electron chi connectivity index (χ2n) is 4.61. The second kappa shape index (κ2) is 6.32. The molecule has 7 heteroatoms. The lowest BCUT2D eigenvalue weighted by molar-refractivity contribution is -0.116. The van der Waals surface area contributed by atoms with Gasteiger partial charge >= 0.3 is 4.87 Å². The van der Waals surface area contributed by atoms with E-state index in [9.17, 15) is 9.59 Å². The molecule has 5 nitrogen and oxygen atoms in total. The zero-order valence-electron chi connectivity index (χ0n) is 11.7. The smallest absolute Gasteiger partial charge is 0.303 e. The van der Waals surface area contributed by atoms with Gasteiger partial charge in [-0.05, 0) is 27.2 Å². The van der Waals surface area contributed by atoms with Crippen LogP contribution in [0.15, 0.2) is 10.2 Å². The molecule has 0 atom stereocenters. The van der Waals surface area contributed by atoms with Crippen LogP contribution in [0.1, 0.15) is 29.1 Å². The van der Waals surface area contributed by atoms with Crippen molar-refractivity contribution in [3.05, 3.63) is 31.3 Å². The van der Waals surface area contributed by atoms with Crippen LogP contribution >= 0.6 is 22.7 Å². The number of aryl methyl sites for hydroxylation is 3. The first-order chi connectivity index (χ1) is 9.47. The lowest BCUT2D eigenvalue weighted by atomic mass is 10.3. The first-order valence-corrected chi connectivity index (χ1v) is 8.06. The fourth-order valence-electron chi connectivity index (χ4n) is 1.78. The number of carbonyl (C=O) groups excluding carboxylic acids is 1. The summed E-state index contributed by atoms with van der Waals surface area (Å²) in [5, 5.41) is 5.28. The number of hydrogen-bond donors (Lipinski definition) is 1. The fourth-order valence-corrected chi connectivity index (χ4v) is 3.37. The number of nitrogens with zero attached hydrogens (tertiary/aromatic N) is 2. The predicted molar refractivity (Wildman–Crippen MR) is 82.8 cm³/mol. The van der Waals surface area contributed by atoms with Crippen molar-refractivity contribution in [3.8, 4) is 0 Å². The van der Waals surface area contributed by atoms with Gasteiger partial charge in [-0.3, -0.25) is 9.59 Å². The van der Waals surface area contributed by atoms with Crippen LogP contribution in [-0.2, 0) is 11.3 Å². The van der Waals surface area contributed by atoms with Crippen molar-refractivity contribution in [1.82, 2.24) is 9.55 Å². The Bertz CT molecular complexity index is 650. The predicted octanol–water partition coefficient (Wildman–Crippen LogP) is 2.71. The van der Waals surface area contributed by atoms with E-state index in [2.05, 4.69) is 10.3 Å². The summed E-state index contributed by atoms with van der Waals surface area (Å²) in [6.07, 6.45) is 1.03. The topological polar surface area (TPSA) is 64.0 Å². The van der Waals surface area contributed by atoms with Gasteiger partial charge in [0.2, 0.25) is 5.91 Å². The Morgan fingerprint density at radius 3 is 2.70 bits per heavy atom. The average Bonchev–Trinajstić information content (AvgIpc) is 2.85. The molecular formula is C13H17N3O2S2. The molecule has 0 unspecified atom stereocenters. The highest BCUT2D eigenvalue weighted by Gasteiger charge is 2.08. The van der Waals surface area contributed by atoms with Crippen molar-refractivity contribution in [2.75, 3.05) is 5.32 Å². The summed E-state index contributed by atoms with van der Waals surface area (Å²) in [5.74, 6) is -0.0559. The van der Waals surface area contributed by atoms with E-state index in [-0.39, 0.29) is 10.8 Å². The number of nitrogens with one attached hydrogen (secondary N) is 1. The molecule has 2 rings (SSSR count). The van der Waals surface area contributed by atoms with Gasteiger partial charge in [-0.25, -0.2) is 4.98 Å². The third-order valence-electron chi connectivity index (χ3n) is 3.04. The van der Waals surface area contributed by atoms with Crippen molar-refractivity contribution in [2.24, 2.45) is 0 Å². The first kappa shape index (κ1) is 14.9. The number of rotatable bonds is 5. The monoisotopic (exact) mass is 311 g/mol. The maximum absolute atomic E-state index is 11.8. The first-order valence-electron chi connectivity index (χ1n) is 6.36. The van der Waals surface area contributed by atoms with Gasteiger partial charge in [0.15, 0.2) is 5.13 Å². The summed E-state index contributed by atoms with van der Waals surface area (Å²) in [7, 11) is 0. The molecule has 0 saturated carbocycles. The molecule has 0 radical (unpaired) electrons. The molecule has 1 amide bonds. The van der Waals surface area contributed by atoms with Crippen LogP contribution in [0.4, 0.5) is 5.13 Å². The Hall–Kier alpha value is -1.47. The van der Waals surface area contributed by atoms with Crippen molar-refractivity contribution in [1.29, 1.82) is 0 Å². The quantitative estimate of drug-likeness (QED) is 0.923. The minimum Gasteiger partial charge on any atom is -0.303 e. The van der Waals surface area contributed by atoms with E-state index < -0.39 is 0 Å². The van der Waals surface area contributed by atoms with Crippen molar-refractivity contribution in [3.63, 3.8) is 0 Å². The molecule has 2 aromatic rings.